The van der Waals surface area contributed by atoms with Gasteiger partial charge in [-0.1, -0.05) is 23.7 Å². The third kappa shape index (κ3) is 5.52. The molecule has 1 aliphatic rings. The number of hydrogen-bond donors (Lipinski definition) is 2. The number of rotatable bonds is 5. The van der Waals surface area contributed by atoms with Gasteiger partial charge in [-0.25, -0.2) is 4.79 Å². The molecule has 188 valence electrons. The van der Waals surface area contributed by atoms with E-state index in [1.54, 1.807) is 51.1 Å². The zero-order valence-corrected chi connectivity index (χ0v) is 21.2. The van der Waals surface area contributed by atoms with Gasteiger partial charge >= 0.3 is 6.03 Å². The van der Waals surface area contributed by atoms with Gasteiger partial charge < -0.3 is 20.4 Å². The first-order valence-corrected chi connectivity index (χ1v) is 12.1. The van der Waals surface area contributed by atoms with Crippen molar-refractivity contribution in [2.24, 2.45) is 0 Å². The minimum atomic E-state index is -0.859. The van der Waals surface area contributed by atoms with E-state index in [-0.39, 0.29) is 17.6 Å². The summed E-state index contributed by atoms with van der Waals surface area (Å²) in [5.74, 6) is 0.0727. The van der Waals surface area contributed by atoms with Crippen LogP contribution in [-0.2, 0) is 15.0 Å². The van der Waals surface area contributed by atoms with Gasteiger partial charge in [0, 0.05) is 55.6 Å². The number of nitrogens with one attached hydrogen (secondary N) is 2. The minimum Gasteiger partial charge on any atom is -0.368 e. The van der Waals surface area contributed by atoms with Crippen LogP contribution in [0.15, 0.2) is 60.8 Å². The monoisotopic (exact) mass is 508 g/mol. The molecule has 2 aromatic carbocycles. The van der Waals surface area contributed by atoms with Crippen LogP contribution in [0.4, 0.5) is 22.0 Å². The maximum Gasteiger partial charge on any atom is 0.348 e. The van der Waals surface area contributed by atoms with Crippen LogP contribution in [0.2, 0.25) is 5.02 Å². The van der Waals surface area contributed by atoms with Crippen molar-refractivity contribution in [2.75, 3.05) is 41.7 Å². The Morgan fingerprint density at radius 1 is 0.889 bits per heavy atom. The van der Waals surface area contributed by atoms with Crippen LogP contribution in [0, 0.1) is 0 Å². The van der Waals surface area contributed by atoms with Crippen LogP contribution in [-0.4, -0.2) is 58.7 Å². The Labute approximate surface area is 215 Å². The zero-order chi connectivity index (χ0) is 25.9. The third-order valence-corrected chi connectivity index (χ3v) is 6.67. The standard InChI is InChI=1S/C26H29ClN6O3/c1-18(34)31-14-16-32(17-15-31)22-10-8-21(9-11-22)29-25(36)33-23(12-13-28-33)30-24(35)26(2,3)19-4-6-20(27)7-5-19/h4-13H,14-17H2,1-3H3,(H,29,36)(H,30,35). The van der Waals surface area contributed by atoms with Crippen molar-refractivity contribution in [3.05, 3.63) is 71.4 Å². The molecule has 0 saturated carbocycles. The largest absolute Gasteiger partial charge is 0.368 e. The van der Waals surface area contributed by atoms with Gasteiger partial charge in [0.05, 0.1) is 11.6 Å². The number of carbonyl (C=O) groups is 3. The van der Waals surface area contributed by atoms with Crippen LogP contribution in [0.25, 0.3) is 0 Å². The van der Waals surface area contributed by atoms with E-state index in [1.165, 1.54) is 6.20 Å². The van der Waals surface area contributed by atoms with Crippen LogP contribution in [0.1, 0.15) is 26.3 Å². The van der Waals surface area contributed by atoms with E-state index in [1.807, 2.05) is 29.2 Å². The Morgan fingerprint density at radius 3 is 2.14 bits per heavy atom. The number of anilines is 3. The fourth-order valence-corrected chi connectivity index (χ4v) is 4.17. The first-order valence-electron chi connectivity index (χ1n) is 11.7. The molecule has 1 saturated heterocycles. The first-order chi connectivity index (χ1) is 17.1. The molecule has 36 heavy (non-hydrogen) atoms. The fraction of sp³-hybridized carbons (Fsp3) is 0.308. The third-order valence-electron chi connectivity index (χ3n) is 6.42. The van der Waals surface area contributed by atoms with Gasteiger partial charge in [-0.15, -0.1) is 0 Å². The van der Waals surface area contributed by atoms with Crippen molar-refractivity contribution in [3.8, 4) is 0 Å². The van der Waals surface area contributed by atoms with E-state index >= 15 is 0 Å². The van der Waals surface area contributed by atoms with Crippen LogP contribution >= 0.6 is 11.6 Å². The zero-order valence-electron chi connectivity index (χ0n) is 20.5. The Hall–Kier alpha value is -3.85. The summed E-state index contributed by atoms with van der Waals surface area (Å²) in [6.45, 7) is 8.08. The minimum absolute atomic E-state index is 0.0930. The highest BCUT2D eigenvalue weighted by molar-refractivity contribution is 6.30. The second-order valence-electron chi connectivity index (χ2n) is 9.18. The number of carbonyl (C=O) groups excluding carboxylic acids is 3. The summed E-state index contributed by atoms with van der Waals surface area (Å²) >= 11 is 5.97. The van der Waals surface area contributed by atoms with Gasteiger partial charge in [0.2, 0.25) is 11.8 Å². The quantitative estimate of drug-likeness (QED) is 0.538. The highest BCUT2D eigenvalue weighted by Gasteiger charge is 2.31. The molecule has 4 rings (SSSR count). The summed E-state index contributed by atoms with van der Waals surface area (Å²) in [6.07, 6.45) is 1.45. The predicted molar refractivity (Wildman–Crippen MR) is 141 cm³/mol. The second-order valence-corrected chi connectivity index (χ2v) is 9.62. The molecule has 0 unspecified atom stereocenters. The van der Waals surface area contributed by atoms with Crippen molar-refractivity contribution in [3.63, 3.8) is 0 Å². The molecule has 3 aromatic rings. The van der Waals surface area contributed by atoms with E-state index in [4.69, 9.17) is 11.6 Å². The molecule has 2 N–H and O–H groups in total. The number of aromatic nitrogens is 2. The first kappa shape index (κ1) is 25.2. The fourth-order valence-electron chi connectivity index (χ4n) is 4.04. The van der Waals surface area contributed by atoms with Crippen molar-refractivity contribution >= 4 is 46.6 Å². The molecule has 0 aliphatic carbocycles. The summed E-state index contributed by atoms with van der Waals surface area (Å²) in [5.41, 5.74) is 1.55. The van der Waals surface area contributed by atoms with E-state index in [2.05, 4.69) is 20.6 Å². The predicted octanol–water partition coefficient (Wildman–Crippen LogP) is 4.20. The number of piperazine rings is 1. The number of amides is 3. The smallest absolute Gasteiger partial charge is 0.348 e. The van der Waals surface area contributed by atoms with Crippen molar-refractivity contribution < 1.29 is 14.4 Å². The van der Waals surface area contributed by atoms with E-state index in [0.29, 0.717) is 23.8 Å². The Kier molecular flexibility index (Phi) is 7.30. The summed E-state index contributed by atoms with van der Waals surface area (Å²) in [5, 5.41) is 10.3. The molecule has 3 amide bonds. The molecule has 2 heterocycles. The maximum atomic E-state index is 13.1. The molecular weight excluding hydrogens is 480 g/mol. The average Bonchev–Trinajstić information content (AvgIpc) is 3.33. The normalized spacial score (nSPS) is 13.9. The molecule has 10 heteroatoms. The lowest BCUT2D eigenvalue weighted by Gasteiger charge is -2.35. The van der Waals surface area contributed by atoms with Crippen LogP contribution in [0.3, 0.4) is 0 Å². The number of nitrogens with zero attached hydrogens (tertiary/aromatic N) is 4. The molecule has 1 fully saturated rings. The molecule has 0 bridgehead atoms. The lowest BCUT2D eigenvalue weighted by Crippen LogP contribution is -2.48. The van der Waals surface area contributed by atoms with Gasteiger partial charge in [0.25, 0.3) is 0 Å². The Bertz CT molecular complexity index is 1250. The molecular formula is C26H29ClN6O3. The average molecular weight is 509 g/mol. The summed E-state index contributed by atoms with van der Waals surface area (Å²) in [4.78, 5) is 41.5. The SMILES string of the molecule is CC(=O)N1CCN(c2ccc(NC(=O)n3nccc3NC(=O)C(C)(C)c3ccc(Cl)cc3)cc2)CC1. The Morgan fingerprint density at radius 2 is 1.53 bits per heavy atom. The van der Waals surface area contributed by atoms with Gasteiger partial charge in [0.1, 0.15) is 5.82 Å². The number of benzene rings is 2. The molecule has 1 aromatic heterocycles. The van der Waals surface area contributed by atoms with Crippen molar-refractivity contribution in [2.45, 2.75) is 26.2 Å². The second kappa shape index (κ2) is 10.4. The summed E-state index contributed by atoms with van der Waals surface area (Å²) < 4.78 is 1.12. The highest BCUT2D eigenvalue weighted by Crippen LogP contribution is 2.27. The lowest BCUT2D eigenvalue weighted by molar-refractivity contribution is -0.129. The topological polar surface area (TPSA) is 99.6 Å². The van der Waals surface area contributed by atoms with E-state index in [9.17, 15) is 14.4 Å². The number of halogens is 1. The van der Waals surface area contributed by atoms with Crippen molar-refractivity contribution in [1.29, 1.82) is 0 Å². The number of hydrogen-bond acceptors (Lipinski definition) is 5. The van der Waals surface area contributed by atoms with E-state index < -0.39 is 11.4 Å². The summed E-state index contributed by atoms with van der Waals surface area (Å²) in [6, 6.07) is 15.6. The molecule has 9 nitrogen and oxygen atoms in total. The molecule has 0 atom stereocenters. The lowest BCUT2D eigenvalue weighted by atomic mass is 9.84. The molecule has 0 radical (unpaired) electrons. The highest BCUT2D eigenvalue weighted by atomic mass is 35.5. The van der Waals surface area contributed by atoms with Crippen LogP contribution in [0.5, 0.6) is 0 Å². The van der Waals surface area contributed by atoms with Gasteiger partial charge in [0.15, 0.2) is 0 Å². The van der Waals surface area contributed by atoms with Gasteiger partial charge in [-0.2, -0.15) is 9.78 Å². The van der Waals surface area contributed by atoms with E-state index in [0.717, 1.165) is 29.0 Å². The maximum absolute atomic E-state index is 13.1. The summed E-state index contributed by atoms with van der Waals surface area (Å²) in [7, 11) is 0. The van der Waals surface area contributed by atoms with Crippen LogP contribution < -0.4 is 15.5 Å². The van der Waals surface area contributed by atoms with Crippen molar-refractivity contribution in [1.82, 2.24) is 14.7 Å². The Balaban J connectivity index is 1.39. The van der Waals surface area contributed by atoms with Gasteiger partial charge in [-0.05, 0) is 55.8 Å². The van der Waals surface area contributed by atoms with Gasteiger partial charge in [-0.3, -0.25) is 9.59 Å². The molecule has 1 aliphatic heterocycles. The molecule has 0 spiro atoms.